The van der Waals surface area contributed by atoms with Gasteiger partial charge in [-0.2, -0.15) is 13.2 Å². The van der Waals surface area contributed by atoms with Crippen LogP contribution in [0.15, 0.2) is 5.16 Å². The molecule has 0 N–H and O–H groups in total. The van der Waals surface area contributed by atoms with Gasteiger partial charge in [-0.1, -0.05) is 11.8 Å². The summed E-state index contributed by atoms with van der Waals surface area (Å²) in [6.07, 6.45) is -2.46. The molecule has 1 aromatic rings. The van der Waals surface area contributed by atoms with Gasteiger partial charge in [0.15, 0.2) is 5.16 Å². The van der Waals surface area contributed by atoms with E-state index in [9.17, 15) is 22.8 Å². The van der Waals surface area contributed by atoms with Gasteiger partial charge in [0.1, 0.15) is 0 Å². The largest absolute Gasteiger partial charge is 0.451 e. The molecule has 0 radical (unpaired) electrons. The number of nitrogens with zero attached hydrogens (tertiary/aromatic N) is 6. The van der Waals surface area contributed by atoms with Crippen LogP contribution in [-0.4, -0.2) is 92.8 Å². The van der Waals surface area contributed by atoms with Gasteiger partial charge in [-0.15, -0.1) is 10.2 Å². The van der Waals surface area contributed by atoms with Gasteiger partial charge in [0.25, 0.3) is 0 Å². The summed E-state index contributed by atoms with van der Waals surface area (Å²) in [5.74, 6) is -1.11. The molecular formula is C16H23F3N6O2S. The molecule has 0 spiro atoms. The third-order valence-electron chi connectivity index (χ3n) is 4.96. The highest BCUT2D eigenvalue weighted by Gasteiger charge is 2.37. The van der Waals surface area contributed by atoms with Crippen LogP contribution >= 0.6 is 11.8 Å². The predicted octanol–water partition coefficient (Wildman–Crippen LogP) is 0.693. The Morgan fingerprint density at radius 2 is 1.57 bits per heavy atom. The van der Waals surface area contributed by atoms with Crippen molar-refractivity contribution in [2.24, 2.45) is 7.05 Å². The van der Waals surface area contributed by atoms with E-state index in [1.807, 2.05) is 9.80 Å². The number of thioether (sulfide) groups is 1. The number of carbonyl (C=O) groups is 2. The molecule has 2 fully saturated rings. The van der Waals surface area contributed by atoms with E-state index in [2.05, 4.69) is 10.2 Å². The number of alkyl halides is 3. The second-order valence-electron chi connectivity index (χ2n) is 6.90. The normalized spacial score (nSPS) is 18.7. The van der Waals surface area contributed by atoms with Crippen molar-refractivity contribution in [2.75, 3.05) is 51.6 Å². The fourth-order valence-electron chi connectivity index (χ4n) is 3.32. The summed E-state index contributed by atoms with van der Waals surface area (Å²) in [4.78, 5) is 30.1. The van der Waals surface area contributed by atoms with E-state index in [4.69, 9.17) is 0 Å². The fraction of sp³-hybridized carbons (Fsp3) is 0.750. The molecule has 0 atom stereocenters. The second-order valence-corrected chi connectivity index (χ2v) is 7.84. The first kappa shape index (κ1) is 20.9. The zero-order valence-corrected chi connectivity index (χ0v) is 16.4. The van der Waals surface area contributed by atoms with Crippen LogP contribution in [0.2, 0.25) is 0 Å². The Labute approximate surface area is 165 Å². The van der Waals surface area contributed by atoms with Gasteiger partial charge >= 0.3 is 6.18 Å². The zero-order valence-electron chi connectivity index (χ0n) is 15.6. The molecule has 2 saturated heterocycles. The lowest BCUT2D eigenvalue weighted by Gasteiger charge is -2.35. The molecule has 0 saturated carbocycles. The van der Waals surface area contributed by atoms with Gasteiger partial charge < -0.3 is 14.4 Å². The smallest absolute Gasteiger partial charge is 0.342 e. The highest BCUT2D eigenvalue weighted by molar-refractivity contribution is 7.99. The average molecular weight is 420 g/mol. The van der Waals surface area contributed by atoms with Crippen LogP contribution in [0.5, 0.6) is 0 Å². The van der Waals surface area contributed by atoms with Gasteiger partial charge in [0.2, 0.25) is 17.6 Å². The summed E-state index contributed by atoms with van der Waals surface area (Å²) in [5, 5.41) is 6.72. The molecule has 3 rings (SSSR count). The monoisotopic (exact) mass is 420 g/mol. The van der Waals surface area contributed by atoms with Crippen molar-refractivity contribution in [3.8, 4) is 0 Å². The van der Waals surface area contributed by atoms with E-state index < -0.39 is 12.0 Å². The Kier molecular flexibility index (Phi) is 6.48. The minimum Gasteiger partial charge on any atom is -0.342 e. The minimum atomic E-state index is -4.58. The fourth-order valence-corrected chi connectivity index (χ4v) is 4.13. The molecule has 0 aliphatic carbocycles. The van der Waals surface area contributed by atoms with Crippen molar-refractivity contribution in [3.63, 3.8) is 0 Å². The van der Waals surface area contributed by atoms with E-state index in [0.717, 1.165) is 42.3 Å². The quantitative estimate of drug-likeness (QED) is 0.653. The van der Waals surface area contributed by atoms with Crippen LogP contribution in [0.1, 0.15) is 18.7 Å². The van der Waals surface area contributed by atoms with Crippen LogP contribution in [0.25, 0.3) is 0 Å². The first-order valence-electron chi connectivity index (χ1n) is 9.13. The molecule has 0 bridgehead atoms. The lowest BCUT2D eigenvalue weighted by Crippen LogP contribution is -2.51. The van der Waals surface area contributed by atoms with Gasteiger partial charge in [0, 0.05) is 46.3 Å². The van der Waals surface area contributed by atoms with E-state index in [0.29, 0.717) is 32.7 Å². The first-order valence-corrected chi connectivity index (χ1v) is 10.1. The van der Waals surface area contributed by atoms with E-state index >= 15 is 0 Å². The van der Waals surface area contributed by atoms with Crippen molar-refractivity contribution in [1.29, 1.82) is 0 Å². The Hall–Kier alpha value is -1.82. The second kappa shape index (κ2) is 8.68. The van der Waals surface area contributed by atoms with Gasteiger partial charge in [-0.3, -0.25) is 14.5 Å². The van der Waals surface area contributed by atoms with Gasteiger partial charge in [0.05, 0.1) is 12.3 Å². The molecule has 12 heteroatoms. The summed E-state index contributed by atoms with van der Waals surface area (Å²) >= 11 is 0.938. The number of carbonyl (C=O) groups excluding carboxylic acids is 2. The predicted molar refractivity (Wildman–Crippen MR) is 95.6 cm³/mol. The topological polar surface area (TPSA) is 74.6 Å². The Morgan fingerprint density at radius 3 is 2.14 bits per heavy atom. The average Bonchev–Trinajstić information content (AvgIpc) is 3.30. The highest BCUT2D eigenvalue weighted by Crippen LogP contribution is 2.29. The van der Waals surface area contributed by atoms with Crippen molar-refractivity contribution in [1.82, 2.24) is 29.5 Å². The van der Waals surface area contributed by atoms with Crippen molar-refractivity contribution < 1.29 is 22.8 Å². The molecule has 2 amide bonds. The Balaban J connectivity index is 1.43. The molecule has 28 heavy (non-hydrogen) atoms. The maximum Gasteiger partial charge on any atom is 0.451 e. The summed E-state index contributed by atoms with van der Waals surface area (Å²) in [7, 11) is 1.23. The van der Waals surface area contributed by atoms with E-state index in [1.165, 1.54) is 7.05 Å². The zero-order chi connectivity index (χ0) is 20.3. The molecule has 156 valence electrons. The molecule has 0 aromatic carbocycles. The Morgan fingerprint density at radius 1 is 0.964 bits per heavy atom. The number of aromatic nitrogens is 3. The molecular weight excluding hydrogens is 397 g/mol. The molecule has 2 aliphatic heterocycles. The molecule has 0 unspecified atom stereocenters. The molecule has 2 aliphatic rings. The Bertz CT molecular complexity index is 712. The van der Waals surface area contributed by atoms with Crippen LogP contribution in [0.3, 0.4) is 0 Å². The maximum atomic E-state index is 12.7. The van der Waals surface area contributed by atoms with Crippen LogP contribution < -0.4 is 0 Å². The van der Waals surface area contributed by atoms with Crippen LogP contribution in [0.4, 0.5) is 13.2 Å². The molecule has 3 heterocycles. The number of piperazine rings is 1. The summed E-state index contributed by atoms with van der Waals surface area (Å²) in [5.41, 5.74) is 0. The number of halogens is 3. The van der Waals surface area contributed by atoms with E-state index in [-0.39, 0.29) is 22.7 Å². The van der Waals surface area contributed by atoms with Crippen LogP contribution in [-0.2, 0) is 22.8 Å². The number of rotatable bonds is 5. The van der Waals surface area contributed by atoms with Gasteiger partial charge in [-0.05, 0) is 12.8 Å². The maximum absolute atomic E-state index is 12.7. The molecule has 8 nitrogen and oxygen atoms in total. The SMILES string of the molecule is Cn1c(SCC(=O)N2CCN(CC(=O)N3CCCC3)CC2)nnc1C(F)(F)F. The lowest BCUT2D eigenvalue weighted by atomic mass is 10.3. The summed E-state index contributed by atoms with van der Waals surface area (Å²) in [6.45, 7) is 4.24. The summed E-state index contributed by atoms with van der Waals surface area (Å²) in [6, 6.07) is 0. The van der Waals surface area contributed by atoms with Crippen molar-refractivity contribution in [3.05, 3.63) is 5.82 Å². The molecule has 1 aromatic heterocycles. The van der Waals surface area contributed by atoms with Crippen LogP contribution in [0, 0.1) is 0 Å². The third-order valence-corrected chi connectivity index (χ3v) is 5.96. The highest BCUT2D eigenvalue weighted by atomic mass is 32.2. The third kappa shape index (κ3) is 4.96. The van der Waals surface area contributed by atoms with Crippen molar-refractivity contribution >= 4 is 23.6 Å². The number of likely N-dealkylation sites (tertiary alicyclic amines) is 1. The van der Waals surface area contributed by atoms with E-state index in [1.54, 1.807) is 4.90 Å². The lowest BCUT2D eigenvalue weighted by molar-refractivity contribution is -0.147. The first-order chi connectivity index (χ1) is 13.3. The van der Waals surface area contributed by atoms with Gasteiger partial charge in [-0.25, -0.2) is 0 Å². The summed E-state index contributed by atoms with van der Waals surface area (Å²) < 4.78 is 39.1. The minimum absolute atomic E-state index is 0.00343. The van der Waals surface area contributed by atoms with Crippen molar-refractivity contribution in [2.45, 2.75) is 24.2 Å². The standard InChI is InChI=1S/C16H23F3N6O2S/c1-22-14(16(17,18)19)20-21-15(22)28-11-13(27)25-8-6-23(7-9-25)10-12(26)24-4-2-3-5-24/h2-11H2,1H3. The number of hydrogen-bond acceptors (Lipinski definition) is 6. The number of amides is 2. The number of hydrogen-bond donors (Lipinski definition) is 0.